The molecule has 2 saturated carbocycles. The zero-order valence-corrected chi connectivity index (χ0v) is 13.3. The Morgan fingerprint density at radius 2 is 1.95 bits per heavy atom. The molecule has 0 bridgehead atoms. The first-order chi connectivity index (χ1) is 9.65. The third-order valence-corrected chi connectivity index (χ3v) is 4.50. The molecule has 0 saturated heterocycles. The zero-order chi connectivity index (χ0) is 14.4. The lowest BCUT2D eigenvalue weighted by atomic mass is 9.96. The summed E-state index contributed by atoms with van der Waals surface area (Å²) in [5.41, 5.74) is -0.298. The Morgan fingerprint density at radius 3 is 2.50 bits per heavy atom. The van der Waals surface area contributed by atoms with Crippen LogP contribution in [-0.4, -0.2) is 36.1 Å². The number of nitrogens with zero attached hydrogens (tertiary/aromatic N) is 2. The molecular weight excluding hydrogens is 246 g/mol. The van der Waals surface area contributed by atoms with Gasteiger partial charge in [-0.3, -0.25) is 5.32 Å². The molecule has 0 spiro atoms. The van der Waals surface area contributed by atoms with Gasteiger partial charge in [0.15, 0.2) is 0 Å². The highest BCUT2D eigenvalue weighted by Gasteiger charge is 2.32. The first-order valence-corrected chi connectivity index (χ1v) is 8.56. The zero-order valence-electron chi connectivity index (χ0n) is 13.3. The first-order valence-electron chi connectivity index (χ1n) is 8.56. The fourth-order valence-corrected chi connectivity index (χ4v) is 2.93. The molecule has 0 aliphatic heterocycles. The van der Waals surface area contributed by atoms with Crippen LogP contribution in [0.1, 0.15) is 65.2 Å². The summed E-state index contributed by atoms with van der Waals surface area (Å²) >= 11 is 0. The van der Waals surface area contributed by atoms with Crippen molar-refractivity contribution < 1.29 is 0 Å². The van der Waals surface area contributed by atoms with Crippen molar-refractivity contribution in [1.82, 2.24) is 10.2 Å². The van der Waals surface area contributed by atoms with E-state index < -0.39 is 0 Å². The van der Waals surface area contributed by atoms with Crippen LogP contribution in [0.25, 0.3) is 0 Å². The highest BCUT2D eigenvalue weighted by Crippen LogP contribution is 2.30. The maximum Gasteiger partial charge on any atom is 0.104 e. The minimum Gasteiger partial charge on any atom is -0.303 e. The minimum absolute atomic E-state index is 0.298. The molecule has 2 aliphatic carbocycles. The second-order valence-corrected chi connectivity index (χ2v) is 7.06. The Bertz CT molecular complexity index is 328. The number of unbranched alkanes of at least 4 members (excludes halogenated alkanes) is 1. The van der Waals surface area contributed by atoms with E-state index in [1.54, 1.807) is 0 Å². The molecule has 0 aromatic heterocycles. The Balaban J connectivity index is 1.61. The molecule has 114 valence electrons. The number of hydrogen-bond acceptors (Lipinski definition) is 3. The normalized spacial score (nSPS) is 21.7. The highest BCUT2D eigenvalue weighted by molar-refractivity contribution is 5.06. The molecule has 1 atom stereocenters. The molecule has 1 unspecified atom stereocenters. The Morgan fingerprint density at radius 1 is 1.20 bits per heavy atom. The van der Waals surface area contributed by atoms with Crippen LogP contribution in [0.5, 0.6) is 0 Å². The lowest BCUT2D eigenvalue weighted by Gasteiger charge is -2.25. The quantitative estimate of drug-likeness (QED) is 0.589. The summed E-state index contributed by atoms with van der Waals surface area (Å²) in [6.07, 6.45) is 10.0. The molecule has 2 fully saturated rings. The van der Waals surface area contributed by atoms with Gasteiger partial charge in [-0.25, -0.2) is 0 Å². The van der Waals surface area contributed by atoms with Gasteiger partial charge < -0.3 is 4.90 Å². The molecule has 3 heteroatoms. The van der Waals surface area contributed by atoms with Crippen molar-refractivity contribution in [3.05, 3.63) is 0 Å². The second kappa shape index (κ2) is 7.43. The molecule has 20 heavy (non-hydrogen) atoms. The summed E-state index contributed by atoms with van der Waals surface area (Å²) in [5.74, 6) is 0.988. The Labute approximate surface area is 124 Å². The largest absolute Gasteiger partial charge is 0.303 e. The summed E-state index contributed by atoms with van der Waals surface area (Å²) in [6, 6.07) is 3.10. The van der Waals surface area contributed by atoms with Crippen molar-refractivity contribution >= 4 is 0 Å². The van der Waals surface area contributed by atoms with E-state index in [1.807, 2.05) is 0 Å². The maximum absolute atomic E-state index is 9.36. The molecule has 0 heterocycles. The van der Waals surface area contributed by atoms with E-state index in [4.69, 9.17) is 0 Å². The monoisotopic (exact) mass is 277 g/mol. The fourth-order valence-electron chi connectivity index (χ4n) is 2.93. The van der Waals surface area contributed by atoms with Crippen molar-refractivity contribution in [3.63, 3.8) is 0 Å². The van der Waals surface area contributed by atoms with Crippen molar-refractivity contribution in [1.29, 1.82) is 5.26 Å². The average molecular weight is 277 g/mol. The predicted octanol–water partition coefficient (Wildman–Crippen LogP) is 3.31. The van der Waals surface area contributed by atoms with Gasteiger partial charge in [-0.2, -0.15) is 5.26 Å². The smallest absolute Gasteiger partial charge is 0.104 e. The van der Waals surface area contributed by atoms with Gasteiger partial charge in [0.1, 0.15) is 5.54 Å². The van der Waals surface area contributed by atoms with E-state index in [1.165, 1.54) is 58.2 Å². The average Bonchev–Trinajstić information content (AvgIpc) is 3.31. The van der Waals surface area contributed by atoms with Crippen molar-refractivity contribution in [2.45, 2.75) is 76.8 Å². The van der Waals surface area contributed by atoms with E-state index >= 15 is 0 Å². The van der Waals surface area contributed by atoms with Gasteiger partial charge in [-0.05, 0) is 77.3 Å². The summed E-state index contributed by atoms with van der Waals surface area (Å²) in [7, 11) is 0. The van der Waals surface area contributed by atoms with Gasteiger partial charge in [-0.15, -0.1) is 0 Å². The van der Waals surface area contributed by atoms with Gasteiger partial charge in [0.2, 0.25) is 0 Å². The van der Waals surface area contributed by atoms with Gasteiger partial charge in [0.05, 0.1) is 6.07 Å². The van der Waals surface area contributed by atoms with Crippen molar-refractivity contribution in [3.8, 4) is 6.07 Å². The van der Waals surface area contributed by atoms with Gasteiger partial charge in [-0.1, -0.05) is 6.92 Å². The Hall–Kier alpha value is -0.590. The summed E-state index contributed by atoms with van der Waals surface area (Å²) < 4.78 is 0. The number of nitrogens with one attached hydrogen (secondary N) is 1. The molecule has 2 aliphatic rings. The van der Waals surface area contributed by atoms with Crippen LogP contribution in [0.15, 0.2) is 0 Å². The summed E-state index contributed by atoms with van der Waals surface area (Å²) in [5, 5.41) is 12.9. The van der Waals surface area contributed by atoms with Crippen molar-refractivity contribution in [2.24, 2.45) is 5.92 Å². The summed E-state index contributed by atoms with van der Waals surface area (Å²) in [4.78, 5) is 2.63. The van der Waals surface area contributed by atoms with Gasteiger partial charge in [0.25, 0.3) is 0 Å². The third kappa shape index (κ3) is 5.81. The predicted molar refractivity (Wildman–Crippen MR) is 83.5 cm³/mol. The number of nitriles is 1. The van der Waals surface area contributed by atoms with E-state index in [0.717, 1.165) is 18.8 Å². The molecule has 2 rings (SSSR count). The number of rotatable bonds is 11. The SMILES string of the molecule is CCCN(CCCCC(C)(C#N)NC1CC1)CC1CC1. The topological polar surface area (TPSA) is 39.1 Å². The summed E-state index contributed by atoms with van der Waals surface area (Å²) in [6.45, 7) is 8.11. The third-order valence-electron chi connectivity index (χ3n) is 4.50. The molecule has 0 amide bonds. The van der Waals surface area contributed by atoms with E-state index in [9.17, 15) is 5.26 Å². The van der Waals surface area contributed by atoms with Crippen LogP contribution < -0.4 is 5.32 Å². The fraction of sp³-hybridized carbons (Fsp3) is 0.941. The lowest BCUT2D eigenvalue weighted by molar-refractivity contribution is 0.253. The van der Waals surface area contributed by atoms with E-state index in [-0.39, 0.29) is 5.54 Å². The van der Waals surface area contributed by atoms with Crippen LogP contribution in [0.3, 0.4) is 0 Å². The van der Waals surface area contributed by atoms with Gasteiger partial charge >= 0.3 is 0 Å². The molecule has 0 aromatic carbocycles. The van der Waals surface area contributed by atoms with Crippen LogP contribution in [0.2, 0.25) is 0 Å². The second-order valence-electron chi connectivity index (χ2n) is 7.06. The molecule has 3 nitrogen and oxygen atoms in total. The molecule has 1 N–H and O–H groups in total. The van der Waals surface area contributed by atoms with Crippen LogP contribution in [0.4, 0.5) is 0 Å². The Kier molecular flexibility index (Phi) is 5.86. The lowest BCUT2D eigenvalue weighted by Crippen LogP contribution is -2.42. The van der Waals surface area contributed by atoms with Crippen LogP contribution in [-0.2, 0) is 0 Å². The van der Waals surface area contributed by atoms with Crippen LogP contribution >= 0.6 is 0 Å². The van der Waals surface area contributed by atoms with E-state index in [0.29, 0.717) is 6.04 Å². The number of hydrogen-bond donors (Lipinski definition) is 1. The molecule has 0 aromatic rings. The standard InChI is InChI=1S/C17H31N3/c1-3-11-20(13-15-6-7-15)12-5-4-10-17(2,14-18)19-16-8-9-16/h15-16,19H,3-13H2,1-2H3. The van der Waals surface area contributed by atoms with Crippen molar-refractivity contribution in [2.75, 3.05) is 19.6 Å². The van der Waals surface area contributed by atoms with E-state index in [2.05, 4.69) is 30.1 Å². The first kappa shape index (κ1) is 15.8. The molecule has 0 radical (unpaired) electrons. The molecular formula is C17H31N3. The van der Waals surface area contributed by atoms with Crippen LogP contribution in [0, 0.1) is 17.2 Å². The highest BCUT2D eigenvalue weighted by atomic mass is 15.1. The minimum atomic E-state index is -0.298. The maximum atomic E-state index is 9.36. The van der Waals surface area contributed by atoms with Gasteiger partial charge in [0, 0.05) is 12.6 Å².